The number of rotatable bonds is 3. The number of anilines is 1. The number of nitrogens with zero attached hydrogens (tertiary/aromatic N) is 1. The Morgan fingerprint density at radius 1 is 1.35 bits per heavy atom. The maximum Gasteiger partial charge on any atom is 0.147 e. The third-order valence-corrected chi connectivity index (χ3v) is 3.84. The molecule has 0 aliphatic carbocycles. The lowest BCUT2D eigenvalue weighted by atomic mass is 10.3. The molecular formula is C11H9BrF2N2S. The minimum absolute atomic E-state index is 0.120. The van der Waals surface area contributed by atoms with Gasteiger partial charge in [-0.2, -0.15) is 0 Å². The highest BCUT2D eigenvalue weighted by atomic mass is 79.9. The highest BCUT2D eigenvalue weighted by Gasteiger charge is 2.09. The maximum atomic E-state index is 13.5. The average molecular weight is 319 g/mol. The van der Waals surface area contributed by atoms with E-state index in [9.17, 15) is 8.78 Å². The first kappa shape index (κ1) is 12.4. The van der Waals surface area contributed by atoms with Crippen molar-refractivity contribution in [1.82, 2.24) is 4.98 Å². The molecule has 2 aromatic rings. The fourth-order valence-corrected chi connectivity index (χ4v) is 2.36. The van der Waals surface area contributed by atoms with Gasteiger partial charge in [0.1, 0.15) is 11.6 Å². The first-order chi connectivity index (χ1) is 8.08. The second-order valence-corrected chi connectivity index (χ2v) is 5.25. The number of hydrogen-bond donors (Lipinski definition) is 1. The normalized spacial score (nSPS) is 10.6. The first-order valence-corrected chi connectivity index (χ1v) is 6.52. The molecule has 0 amide bonds. The lowest BCUT2D eigenvalue weighted by Crippen LogP contribution is -2.02. The number of benzene rings is 1. The molecule has 17 heavy (non-hydrogen) atoms. The smallest absolute Gasteiger partial charge is 0.147 e. The van der Waals surface area contributed by atoms with Crippen LogP contribution in [-0.2, 0) is 6.54 Å². The van der Waals surface area contributed by atoms with Crippen molar-refractivity contribution < 1.29 is 8.78 Å². The van der Waals surface area contributed by atoms with E-state index in [1.165, 1.54) is 11.3 Å². The van der Waals surface area contributed by atoms with E-state index in [4.69, 9.17) is 0 Å². The number of aryl methyl sites for hydroxylation is 1. The van der Waals surface area contributed by atoms with Crippen LogP contribution in [0.1, 0.15) is 10.6 Å². The van der Waals surface area contributed by atoms with Gasteiger partial charge in [-0.15, -0.1) is 11.3 Å². The van der Waals surface area contributed by atoms with Gasteiger partial charge in [-0.25, -0.2) is 13.8 Å². The van der Waals surface area contributed by atoms with Gasteiger partial charge < -0.3 is 5.32 Å². The minimum Gasteiger partial charge on any atom is -0.378 e. The molecular weight excluding hydrogens is 310 g/mol. The zero-order valence-corrected chi connectivity index (χ0v) is 11.3. The summed E-state index contributed by atoms with van der Waals surface area (Å²) < 4.78 is 26.8. The van der Waals surface area contributed by atoms with E-state index in [1.807, 2.05) is 6.92 Å². The van der Waals surface area contributed by atoms with Crippen LogP contribution < -0.4 is 5.32 Å². The fourth-order valence-electron chi connectivity index (χ4n) is 1.33. The van der Waals surface area contributed by atoms with Gasteiger partial charge in [-0.1, -0.05) is 0 Å². The van der Waals surface area contributed by atoms with E-state index in [2.05, 4.69) is 26.2 Å². The van der Waals surface area contributed by atoms with Crippen molar-refractivity contribution in [2.45, 2.75) is 13.5 Å². The van der Waals surface area contributed by atoms with Gasteiger partial charge in [0.05, 0.1) is 27.9 Å². The predicted octanol–water partition coefficient (Wildman–Crippen LogP) is 4.10. The molecule has 1 aromatic carbocycles. The Kier molecular flexibility index (Phi) is 3.73. The van der Waals surface area contributed by atoms with Gasteiger partial charge >= 0.3 is 0 Å². The van der Waals surface area contributed by atoms with Crippen LogP contribution in [0, 0.1) is 18.6 Å². The number of halogens is 3. The second-order valence-electron chi connectivity index (χ2n) is 3.46. The van der Waals surface area contributed by atoms with Crippen molar-refractivity contribution in [3.8, 4) is 0 Å². The Morgan fingerprint density at radius 3 is 2.76 bits per heavy atom. The molecule has 0 saturated carbocycles. The van der Waals surface area contributed by atoms with Crippen LogP contribution in [0.3, 0.4) is 0 Å². The van der Waals surface area contributed by atoms with Crippen molar-refractivity contribution in [3.63, 3.8) is 0 Å². The summed E-state index contributed by atoms with van der Waals surface area (Å²) in [6, 6.07) is 2.24. The summed E-state index contributed by atoms with van der Waals surface area (Å²) in [5, 5.41) is 2.86. The molecule has 1 aromatic heterocycles. The van der Waals surface area contributed by atoms with Crippen molar-refractivity contribution in [1.29, 1.82) is 0 Å². The van der Waals surface area contributed by atoms with Gasteiger partial charge in [-0.05, 0) is 28.9 Å². The van der Waals surface area contributed by atoms with Crippen molar-refractivity contribution in [2.24, 2.45) is 0 Å². The summed E-state index contributed by atoms with van der Waals surface area (Å²) in [5.74, 6) is -0.977. The second kappa shape index (κ2) is 5.10. The Morgan fingerprint density at radius 2 is 2.12 bits per heavy atom. The Balaban J connectivity index is 2.14. The van der Waals surface area contributed by atoms with Gasteiger partial charge in [0.2, 0.25) is 0 Å². The summed E-state index contributed by atoms with van der Waals surface area (Å²) in [6.45, 7) is 2.32. The molecule has 0 unspecified atom stereocenters. The molecule has 0 atom stereocenters. The molecule has 1 N–H and O–H groups in total. The molecule has 0 spiro atoms. The zero-order chi connectivity index (χ0) is 12.4. The standard InChI is InChI=1S/C11H9BrF2N2S/c1-6-11(17-5-16-6)4-15-10-3-8(13)7(12)2-9(10)14/h2-3,5,15H,4H2,1H3. The molecule has 0 radical (unpaired) electrons. The molecule has 6 heteroatoms. The minimum atomic E-state index is -0.491. The largest absolute Gasteiger partial charge is 0.378 e. The third-order valence-electron chi connectivity index (χ3n) is 2.29. The van der Waals surface area contributed by atoms with Crippen LogP contribution in [0.4, 0.5) is 14.5 Å². The summed E-state index contributed by atoms with van der Waals surface area (Å²) in [5.41, 5.74) is 2.78. The Hall–Kier alpha value is -1.01. The van der Waals surface area contributed by atoms with Crippen LogP contribution in [0.5, 0.6) is 0 Å². The van der Waals surface area contributed by atoms with E-state index in [0.717, 1.165) is 22.7 Å². The molecule has 0 aliphatic heterocycles. The number of aromatic nitrogens is 1. The Bertz CT molecular complexity index is 542. The maximum absolute atomic E-state index is 13.5. The number of hydrogen-bond acceptors (Lipinski definition) is 3. The Labute approximate surface area is 110 Å². The quantitative estimate of drug-likeness (QED) is 0.862. The van der Waals surface area contributed by atoms with Crippen LogP contribution in [0.15, 0.2) is 22.1 Å². The van der Waals surface area contributed by atoms with Crippen molar-refractivity contribution >= 4 is 33.0 Å². The van der Waals surface area contributed by atoms with Gasteiger partial charge in [0.15, 0.2) is 0 Å². The lowest BCUT2D eigenvalue weighted by molar-refractivity contribution is 0.596. The SMILES string of the molecule is Cc1ncsc1CNc1cc(F)c(Br)cc1F. The van der Waals surface area contributed by atoms with Crippen LogP contribution >= 0.6 is 27.3 Å². The topological polar surface area (TPSA) is 24.9 Å². The average Bonchev–Trinajstić information content (AvgIpc) is 2.68. The van der Waals surface area contributed by atoms with E-state index >= 15 is 0 Å². The predicted molar refractivity (Wildman–Crippen MR) is 68.2 cm³/mol. The number of thiazole rings is 1. The third kappa shape index (κ3) is 2.81. The lowest BCUT2D eigenvalue weighted by Gasteiger charge is -2.07. The van der Waals surface area contributed by atoms with E-state index < -0.39 is 11.6 Å². The summed E-state index contributed by atoms with van der Waals surface area (Å²) in [6.07, 6.45) is 0. The first-order valence-electron chi connectivity index (χ1n) is 4.85. The monoisotopic (exact) mass is 318 g/mol. The van der Waals surface area contributed by atoms with Crippen LogP contribution in [0.25, 0.3) is 0 Å². The summed E-state index contributed by atoms with van der Waals surface area (Å²) >= 11 is 4.41. The van der Waals surface area contributed by atoms with E-state index in [-0.39, 0.29) is 10.2 Å². The highest BCUT2D eigenvalue weighted by molar-refractivity contribution is 9.10. The van der Waals surface area contributed by atoms with Crippen molar-refractivity contribution in [2.75, 3.05) is 5.32 Å². The molecule has 0 fully saturated rings. The highest BCUT2D eigenvalue weighted by Crippen LogP contribution is 2.24. The van der Waals surface area contributed by atoms with Gasteiger partial charge in [-0.3, -0.25) is 0 Å². The van der Waals surface area contributed by atoms with E-state index in [1.54, 1.807) is 5.51 Å². The molecule has 1 heterocycles. The van der Waals surface area contributed by atoms with Crippen LogP contribution in [-0.4, -0.2) is 4.98 Å². The zero-order valence-electron chi connectivity index (χ0n) is 8.93. The summed E-state index contributed by atoms with van der Waals surface area (Å²) in [7, 11) is 0. The molecule has 90 valence electrons. The molecule has 0 bridgehead atoms. The molecule has 2 rings (SSSR count). The van der Waals surface area contributed by atoms with Gasteiger partial charge in [0.25, 0.3) is 0 Å². The van der Waals surface area contributed by atoms with Crippen LogP contribution in [0.2, 0.25) is 0 Å². The molecule has 2 nitrogen and oxygen atoms in total. The van der Waals surface area contributed by atoms with Gasteiger partial charge in [0, 0.05) is 10.9 Å². The fraction of sp³-hybridized carbons (Fsp3) is 0.182. The number of nitrogens with one attached hydrogen (secondary N) is 1. The molecule has 0 aliphatic rings. The van der Waals surface area contributed by atoms with E-state index in [0.29, 0.717) is 6.54 Å². The van der Waals surface area contributed by atoms with Crippen molar-refractivity contribution in [3.05, 3.63) is 44.3 Å². The molecule has 0 saturated heterocycles. The summed E-state index contributed by atoms with van der Waals surface area (Å²) in [4.78, 5) is 5.09.